The summed E-state index contributed by atoms with van der Waals surface area (Å²) < 4.78 is 42.5. The molecule has 3 rings (SSSR count). The lowest BCUT2D eigenvalue weighted by Crippen LogP contribution is -2.41. The Balaban J connectivity index is 1.59. The van der Waals surface area contributed by atoms with E-state index in [0.29, 0.717) is 18.0 Å². The number of rotatable bonds is 7. The molecular formula is C21H24F2N2O4. The van der Waals surface area contributed by atoms with Gasteiger partial charge in [-0.1, -0.05) is 0 Å². The van der Waals surface area contributed by atoms with Crippen molar-refractivity contribution in [3.63, 3.8) is 0 Å². The predicted molar refractivity (Wildman–Crippen MR) is 103 cm³/mol. The number of benzene rings is 2. The minimum Gasteiger partial charge on any atom is -0.497 e. The molecule has 1 aliphatic heterocycles. The molecule has 1 saturated heterocycles. The number of halogens is 2. The van der Waals surface area contributed by atoms with Crippen molar-refractivity contribution in [2.75, 3.05) is 33.9 Å². The van der Waals surface area contributed by atoms with Crippen LogP contribution in [0.5, 0.6) is 17.2 Å². The maximum Gasteiger partial charge on any atom is 0.318 e. The number of carbonyl (C=O) groups excluding carboxylic acids is 1. The van der Waals surface area contributed by atoms with Gasteiger partial charge in [0, 0.05) is 18.2 Å². The largest absolute Gasteiger partial charge is 0.497 e. The van der Waals surface area contributed by atoms with Gasteiger partial charge in [0.2, 0.25) is 0 Å². The second-order valence-corrected chi connectivity index (χ2v) is 6.61. The van der Waals surface area contributed by atoms with Gasteiger partial charge in [0.15, 0.2) is 11.6 Å². The average molecular weight is 406 g/mol. The van der Waals surface area contributed by atoms with Gasteiger partial charge in [-0.3, -0.25) is 0 Å². The van der Waals surface area contributed by atoms with Crippen molar-refractivity contribution in [2.45, 2.75) is 18.9 Å². The van der Waals surface area contributed by atoms with Gasteiger partial charge in [0.1, 0.15) is 23.9 Å². The average Bonchev–Trinajstić information content (AvgIpc) is 3.21. The van der Waals surface area contributed by atoms with Crippen LogP contribution < -0.4 is 19.5 Å². The molecule has 0 aromatic heterocycles. The Morgan fingerprint density at radius 3 is 2.66 bits per heavy atom. The first-order chi connectivity index (χ1) is 14.0. The summed E-state index contributed by atoms with van der Waals surface area (Å²) in [4.78, 5) is 14.4. The summed E-state index contributed by atoms with van der Waals surface area (Å²) >= 11 is 0. The lowest BCUT2D eigenvalue weighted by atomic mass is 10.0. The Morgan fingerprint density at radius 1 is 1.14 bits per heavy atom. The summed E-state index contributed by atoms with van der Waals surface area (Å²) in [5.74, 6) is -0.105. The minimum absolute atomic E-state index is 0.0548. The molecule has 8 heteroatoms. The molecule has 1 aliphatic rings. The van der Waals surface area contributed by atoms with Crippen molar-refractivity contribution in [1.82, 2.24) is 10.2 Å². The third-order valence-electron chi connectivity index (χ3n) is 4.84. The summed E-state index contributed by atoms with van der Waals surface area (Å²) in [6, 6.07) is 8.25. The zero-order chi connectivity index (χ0) is 20.8. The summed E-state index contributed by atoms with van der Waals surface area (Å²) in [5, 5.41) is 2.78. The Hall–Kier alpha value is -3.03. The summed E-state index contributed by atoms with van der Waals surface area (Å²) in [6.07, 6.45) is 1.68. The van der Waals surface area contributed by atoms with Crippen LogP contribution in [-0.2, 0) is 0 Å². The van der Waals surface area contributed by atoms with Crippen molar-refractivity contribution in [2.24, 2.45) is 0 Å². The number of carbonyl (C=O) groups is 1. The Bertz CT molecular complexity index is 863. The number of nitrogens with zero attached hydrogens (tertiary/aromatic N) is 1. The van der Waals surface area contributed by atoms with E-state index >= 15 is 0 Å². The van der Waals surface area contributed by atoms with Gasteiger partial charge >= 0.3 is 6.03 Å². The van der Waals surface area contributed by atoms with Crippen molar-refractivity contribution in [3.05, 3.63) is 53.6 Å². The number of amides is 2. The maximum absolute atomic E-state index is 13.6. The highest BCUT2D eigenvalue weighted by Gasteiger charge is 2.32. The van der Waals surface area contributed by atoms with E-state index in [1.54, 1.807) is 19.1 Å². The van der Waals surface area contributed by atoms with Gasteiger partial charge in [0.25, 0.3) is 0 Å². The van der Waals surface area contributed by atoms with E-state index in [1.165, 1.54) is 6.07 Å². The summed E-state index contributed by atoms with van der Waals surface area (Å²) in [5.41, 5.74) is 0.893. The van der Waals surface area contributed by atoms with Crippen LogP contribution >= 0.6 is 0 Å². The molecule has 1 atom stereocenters. The fourth-order valence-electron chi connectivity index (χ4n) is 3.45. The van der Waals surface area contributed by atoms with Gasteiger partial charge in [-0.2, -0.15) is 0 Å². The number of urea groups is 1. The van der Waals surface area contributed by atoms with E-state index in [0.717, 1.165) is 30.5 Å². The standard InChI is InChI=1S/C21H24F2N2O4/c1-27-15-6-8-19(28-2)16(13-15)18-4-3-10-25(18)21(26)24-9-11-29-20-7-5-14(22)12-17(20)23/h5-8,12-13,18H,3-4,9-11H2,1-2H3,(H,24,26). The van der Waals surface area contributed by atoms with Crippen LogP contribution in [0.3, 0.4) is 0 Å². The number of likely N-dealkylation sites (tertiary alicyclic amines) is 1. The van der Waals surface area contributed by atoms with Crippen LogP contribution in [0.25, 0.3) is 0 Å². The lowest BCUT2D eigenvalue weighted by molar-refractivity contribution is 0.188. The van der Waals surface area contributed by atoms with Crippen LogP contribution in [0.15, 0.2) is 36.4 Å². The van der Waals surface area contributed by atoms with Crippen LogP contribution in [0.1, 0.15) is 24.4 Å². The van der Waals surface area contributed by atoms with Crippen molar-refractivity contribution in [1.29, 1.82) is 0 Å². The highest BCUT2D eigenvalue weighted by atomic mass is 19.1. The molecule has 156 valence electrons. The molecular weight excluding hydrogens is 382 g/mol. The lowest BCUT2D eigenvalue weighted by Gasteiger charge is -2.27. The topological polar surface area (TPSA) is 60.0 Å². The smallest absolute Gasteiger partial charge is 0.318 e. The third-order valence-corrected chi connectivity index (χ3v) is 4.84. The first-order valence-corrected chi connectivity index (χ1v) is 9.37. The first-order valence-electron chi connectivity index (χ1n) is 9.37. The van der Waals surface area contributed by atoms with Crippen LogP contribution in [-0.4, -0.2) is 44.8 Å². The molecule has 0 spiro atoms. The van der Waals surface area contributed by atoms with Gasteiger partial charge in [-0.25, -0.2) is 13.6 Å². The molecule has 1 unspecified atom stereocenters. The molecule has 2 aromatic carbocycles. The quantitative estimate of drug-likeness (QED) is 0.709. The molecule has 6 nitrogen and oxygen atoms in total. The zero-order valence-corrected chi connectivity index (χ0v) is 16.4. The Morgan fingerprint density at radius 2 is 1.93 bits per heavy atom. The molecule has 0 bridgehead atoms. The normalized spacial score (nSPS) is 15.9. The van der Waals surface area contributed by atoms with Crippen LogP contribution in [0, 0.1) is 11.6 Å². The van der Waals surface area contributed by atoms with Crippen molar-refractivity contribution < 1.29 is 27.8 Å². The Labute approximate surface area is 168 Å². The van der Waals surface area contributed by atoms with Crippen molar-refractivity contribution in [3.8, 4) is 17.2 Å². The van der Waals surface area contributed by atoms with Gasteiger partial charge < -0.3 is 24.4 Å². The molecule has 1 fully saturated rings. The van der Waals surface area contributed by atoms with Crippen molar-refractivity contribution >= 4 is 6.03 Å². The second-order valence-electron chi connectivity index (χ2n) is 6.61. The number of nitrogens with one attached hydrogen (secondary N) is 1. The molecule has 0 saturated carbocycles. The van der Waals surface area contributed by atoms with E-state index < -0.39 is 11.6 Å². The Kier molecular flexibility index (Phi) is 6.74. The molecule has 2 amide bonds. The SMILES string of the molecule is COc1ccc(OC)c(C2CCCN2C(=O)NCCOc2ccc(F)cc2F)c1. The zero-order valence-electron chi connectivity index (χ0n) is 16.4. The number of methoxy groups -OCH3 is 2. The molecule has 29 heavy (non-hydrogen) atoms. The van der Waals surface area contributed by atoms with Crippen LogP contribution in [0.4, 0.5) is 13.6 Å². The molecule has 1 N–H and O–H groups in total. The van der Waals surface area contributed by atoms with Gasteiger partial charge in [-0.05, 0) is 43.2 Å². The summed E-state index contributed by atoms with van der Waals surface area (Å²) in [7, 11) is 3.19. The highest BCUT2D eigenvalue weighted by Crippen LogP contribution is 2.38. The van der Waals surface area contributed by atoms with E-state index in [2.05, 4.69) is 5.32 Å². The first kappa shape index (κ1) is 20.7. The maximum atomic E-state index is 13.6. The number of hydrogen-bond acceptors (Lipinski definition) is 4. The number of hydrogen-bond donors (Lipinski definition) is 1. The molecule has 0 radical (unpaired) electrons. The number of ether oxygens (including phenoxy) is 3. The van der Waals surface area contributed by atoms with E-state index in [-0.39, 0.29) is 31.0 Å². The van der Waals surface area contributed by atoms with Gasteiger partial charge in [-0.15, -0.1) is 0 Å². The second kappa shape index (κ2) is 9.45. The molecule has 0 aliphatic carbocycles. The fourth-order valence-corrected chi connectivity index (χ4v) is 3.45. The van der Waals surface area contributed by atoms with E-state index in [1.807, 2.05) is 18.2 Å². The van der Waals surface area contributed by atoms with E-state index in [9.17, 15) is 13.6 Å². The predicted octanol–water partition coefficient (Wildman–Crippen LogP) is 3.91. The molecule has 1 heterocycles. The minimum atomic E-state index is -0.777. The fraction of sp³-hybridized carbons (Fsp3) is 0.381. The highest BCUT2D eigenvalue weighted by molar-refractivity contribution is 5.75. The molecule has 2 aromatic rings. The van der Waals surface area contributed by atoms with Gasteiger partial charge in [0.05, 0.1) is 26.8 Å². The van der Waals surface area contributed by atoms with Crippen LogP contribution in [0.2, 0.25) is 0 Å². The monoisotopic (exact) mass is 406 g/mol. The van der Waals surface area contributed by atoms with E-state index in [4.69, 9.17) is 14.2 Å². The third kappa shape index (κ3) is 4.88. The summed E-state index contributed by atoms with van der Waals surface area (Å²) in [6.45, 7) is 0.869.